The van der Waals surface area contributed by atoms with Crippen molar-refractivity contribution in [2.75, 3.05) is 13.6 Å². The first-order valence-corrected chi connectivity index (χ1v) is 8.88. The van der Waals surface area contributed by atoms with Gasteiger partial charge in [0.1, 0.15) is 0 Å². The summed E-state index contributed by atoms with van der Waals surface area (Å²) in [5.41, 5.74) is 0. The molecular weight excluding hydrogens is 262 g/mol. The van der Waals surface area contributed by atoms with Gasteiger partial charge in [-0.3, -0.25) is 4.79 Å². The van der Waals surface area contributed by atoms with Crippen LogP contribution in [0.2, 0.25) is 0 Å². The molecular formula is C17H31N3O. The molecule has 120 valence electrons. The second-order valence-electron chi connectivity index (χ2n) is 7.52. The lowest BCUT2D eigenvalue weighted by Crippen LogP contribution is -2.55. The SMILES string of the molecule is CC1CCCNC1CC(=O)NC1CC2CCCC(C1)N2C. The summed E-state index contributed by atoms with van der Waals surface area (Å²) in [4.78, 5) is 14.9. The molecule has 4 unspecified atom stereocenters. The van der Waals surface area contributed by atoms with Crippen LogP contribution in [0.15, 0.2) is 0 Å². The van der Waals surface area contributed by atoms with E-state index in [1.165, 1.54) is 32.1 Å². The lowest BCUT2D eigenvalue weighted by atomic mass is 9.82. The Morgan fingerprint density at radius 2 is 1.90 bits per heavy atom. The van der Waals surface area contributed by atoms with Crippen LogP contribution in [0.25, 0.3) is 0 Å². The van der Waals surface area contributed by atoms with E-state index < -0.39 is 0 Å². The van der Waals surface area contributed by atoms with Gasteiger partial charge in [0.25, 0.3) is 0 Å². The number of piperidine rings is 3. The minimum Gasteiger partial charge on any atom is -0.353 e. The van der Waals surface area contributed by atoms with Crippen molar-refractivity contribution in [3.63, 3.8) is 0 Å². The van der Waals surface area contributed by atoms with Gasteiger partial charge in [0, 0.05) is 30.6 Å². The van der Waals surface area contributed by atoms with E-state index in [0.29, 0.717) is 36.5 Å². The van der Waals surface area contributed by atoms with Crippen LogP contribution < -0.4 is 10.6 Å². The van der Waals surface area contributed by atoms with Crippen LogP contribution in [-0.2, 0) is 4.79 Å². The highest BCUT2D eigenvalue weighted by molar-refractivity contribution is 5.77. The summed E-state index contributed by atoms with van der Waals surface area (Å²) in [5, 5.41) is 6.85. The number of amides is 1. The van der Waals surface area contributed by atoms with Gasteiger partial charge in [0.15, 0.2) is 0 Å². The summed E-state index contributed by atoms with van der Waals surface area (Å²) in [6, 6.07) is 2.16. The molecule has 0 aliphatic carbocycles. The van der Waals surface area contributed by atoms with E-state index in [-0.39, 0.29) is 5.91 Å². The van der Waals surface area contributed by atoms with Crippen molar-refractivity contribution in [1.29, 1.82) is 0 Å². The maximum Gasteiger partial charge on any atom is 0.221 e. The molecule has 0 spiro atoms. The van der Waals surface area contributed by atoms with Crippen molar-refractivity contribution in [3.8, 4) is 0 Å². The lowest BCUT2D eigenvalue weighted by molar-refractivity contribution is -0.123. The monoisotopic (exact) mass is 293 g/mol. The van der Waals surface area contributed by atoms with E-state index in [2.05, 4.69) is 29.5 Å². The van der Waals surface area contributed by atoms with Gasteiger partial charge in [0.05, 0.1) is 0 Å². The fourth-order valence-corrected chi connectivity index (χ4v) is 4.61. The molecule has 3 fully saturated rings. The van der Waals surface area contributed by atoms with Crippen molar-refractivity contribution in [2.45, 2.75) is 82.5 Å². The predicted octanol–water partition coefficient (Wildman–Crippen LogP) is 1.90. The third kappa shape index (κ3) is 3.59. The molecule has 4 nitrogen and oxygen atoms in total. The van der Waals surface area contributed by atoms with Crippen LogP contribution in [-0.4, -0.2) is 48.6 Å². The predicted molar refractivity (Wildman–Crippen MR) is 85.2 cm³/mol. The number of carbonyl (C=O) groups is 1. The van der Waals surface area contributed by atoms with Crippen LogP contribution in [0, 0.1) is 5.92 Å². The number of fused-ring (bicyclic) bond motifs is 2. The zero-order valence-electron chi connectivity index (χ0n) is 13.6. The summed E-state index contributed by atoms with van der Waals surface area (Å²) in [6.07, 6.45) is 9.42. The topological polar surface area (TPSA) is 44.4 Å². The molecule has 3 saturated heterocycles. The molecule has 21 heavy (non-hydrogen) atoms. The third-order valence-electron chi connectivity index (χ3n) is 6.04. The maximum atomic E-state index is 12.4. The summed E-state index contributed by atoms with van der Waals surface area (Å²) < 4.78 is 0. The fraction of sp³-hybridized carbons (Fsp3) is 0.941. The molecule has 0 aromatic carbocycles. The zero-order valence-corrected chi connectivity index (χ0v) is 13.6. The Hall–Kier alpha value is -0.610. The number of carbonyl (C=O) groups excluding carboxylic acids is 1. The number of nitrogens with zero attached hydrogens (tertiary/aromatic N) is 1. The summed E-state index contributed by atoms with van der Waals surface area (Å²) in [6.45, 7) is 3.34. The molecule has 3 rings (SSSR count). The van der Waals surface area contributed by atoms with Gasteiger partial charge in [-0.15, -0.1) is 0 Å². The first kappa shape index (κ1) is 15.3. The highest BCUT2D eigenvalue weighted by Crippen LogP contribution is 2.32. The highest BCUT2D eigenvalue weighted by atomic mass is 16.1. The second kappa shape index (κ2) is 6.66. The molecule has 3 aliphatic rings. The average Bonchev–Trinajstić information content (AvgIpc) is 2.42. The van der Waals surface area contributed by atoms with E-state index in [4.69, 9.17) is 0 Å². The van der Waals surface area contributed by atoms with E-state index in [9.17, 15) is 4.79 Å². The van der Waals surface area contributed by atoms with Crippen LogP contribution in [0.5, 0.6) is 0 Å². The average molecular weight is 293 g/mol. The standard InChI is InChI=1S/C17H31N3O/c1-12-5-4-8-18-16(12)11-17(21)19-13-9-14-6-3-7-15(10-13)20(14)2/h12-16,18H,3-11H2,1-2H3,(H,19,21). The van der Waals surface area contributed by atoms with Gasteiger partial charge < -0.3 is 15.5 Å². The molecule has 0 aromatic rings. The minimum absolute atomic E-state index is 0.258. The van der Waals surface area contributed by atoms with E-state index in [0.717, 1.165) is 19.4 Å². The van der Waals surface area contributed by atoms with Crippen molar-refractivity contribution in [2.24, 2.45) is 5.92 Å². The number of hydrogen-bond acceptors (Lipinski definition) is 3. The zero-order chi connectivity index (χ0) is 14.8. The Kier molecular flexibility index (Phi) is 4.85. The molecule has 3 heterocycles. The van der Waals surface area contributed by atoms with Crippen molar-refractivity contribution in [1.82, 2.24) is 15.5 Å². The number of nitrogens with one attached hydrogen (secondary N) is 2. The largest absolute Gasteiger partial charge is 0.353 e. The third-order valence-corrected chi connectivity index (χ3v) is 6.04. The van der Waals surface area contributed by atoms with Gasteiger partial charge in [-0.2, -0.15) is 0 Å². The summed E-state index contributed by atoms with van der Waals surface area (Å²) in [7, 11) is 2.26. The molecule has 0 radical (unpaired) electrons. The highest BCUT2D eigenvalue weighted by Gasteiger charge is 2.36. The van der Waals surface area contributed by atoms with Gasteiger partial charge in [-0.05, 0) is 58.0 Å². The van der Waals surface area contributed by atoms with E-state index in [1.54, 1.807) is 0 Å². The van der Waals surface area contributed by atoms with Crippen LogP contribution >= 0.6 is 0 Å². The molecule has 4 heteroatoms. The molecule has 2 bridgehead atoms. The summed E-state index contributed by atoms with van der Waals surface area (Å²) >= 11 is 0. The number of rotatable bonds is 3. The second-order valence-corrected chi connectivity index (χ2v) is 7.52. The first-order chi connectivity index (χ1) is 10.1. The maximum absolute atomic E-state index is 12.4. The van der Waals surface area contributed by atoms with Crippen molar-refractivity contribution >= 4 is 5.91 Å². The lowest BCUT2D eigenvalue weighted by Gasteiger charge is -2.47. The molecule has 0 aromatic heterocycles. The van der Waals surface area contributed by atoms with Crippen molar-refractivity contribution < 1.29 is 4.79 Å². The van der Waals surface area contributed by atoms with Gasteiger partial charge in [0.2, 0.25) is 5.91 Å². The number of hydrogen-bond donors (Lipinski definition) is 2. The Morgan fingerprint density at radius 3 is 2.57 bits per heavy atom. The van der Waals surface area contributed by atoms with Crippen molar-refractivity contribution in [3.05, 3.63) is 0 Å². The van der Waals surface area contributed by atoms with Crippen LogP contribution in [0.1, 0.15) is 58.3 Å². The normalized spacial score (nSPS) is 40.8. The molecule has 2 N–H and O–H groups in total. The summed E-state index contributed by atoms with van der Waals surface area (Å²) in [5.74, 6) is 0.884. The Balaban J connectivity index is 1.49. The molecule has 0 saturated carbocycles. The van der Waals surface area contributed by atoms with Gasteiger partial charge >= 0.3 is 0 Å². The van der Waals surface area contributed by atoms with Gasteiger partial charge in [-0.25, -0.2) is 0 Å². The minimum atomic E-state index is 0.258. The molecule has 4 atom stereocenters. The molecule has 1 amide bonds. The van der Waals surface area contributed by atoms with Crippen LogP contribution in [0.3, 0.4) is 0 Å². The Morgan fingerprint density at radius 1 is 1.19 bits per heavy atom. The smallest absolute Gasteiger partial charge is 0.221 e. The Bertz CT molecular complexity index is 359. The molecule has 3 aliphatic heterocycles. The quantitative estimate of drug-likeness (QED) is 0.835. The van der Waals surface area contributed by atoms with E-state index >= 15 is 0 Å². The Labute approximate surface area is 129 Å². The van der Waals surface area contributed by atoms with E-state index in [1.807, 2.05) is 0 Å². The fourth-order valence-electron chi connectivity index (χ4n) is 4.61. The first-order valence-electron chi connectivity index (χ1n) is 8.88. The van der Waals surface area contributed by atoms with Gasteiger partial charge in [-0.1, -0.05) is 13.3 Å². The van der Waals surface area contributed by atoms with Crippen LogP contribution in [0.4, 0.5) is 0 Å².